The van der Waals surface area contributed by atoms with Gasteiger partial charge in [0.05, 0.1) is 6.10 Å². The van der Waals surface area contributed by atoms with Crippen molar-refractivity contribution < 1.29 is 36.9 Å². The lowest BCUT2D eigenvalue weighted by molar-refractivity contribution is -0.413. The summed E-state index contributed by atoms with van der Waals surface area (Å²) in [5.41, 5.74) is -3.00. The zero-order chi connectivity index (χ0) is 15.8. The van der Waals surface area contributed by atoms with Crippen molar-refractivity contribution in [1.29, 1.82) is 0 Å². The smallest absolute Gasteiger partial charge is 0.380 e. The number of halogens is 5. The first-order chi connectivity index (χ1) is 9.45. The van der Waals surface area contributed by atoms with Crippen molar-refractivity contribution in [1.82, 2.24) is 0 Å². The summed E-state index contributed by atoms with van der Waals surface area (Å²) >= 11 is 0. The maximum absolute atomic E-state index is 14.4. The SMILES string of the molecule is CC1OC(O)(C(F)(F)F)C(F)(F)C1(O)C1CC2CCC1C2. The summed E-state index contributed by atoms with van der Waals surface area (Å²) in [7, 11) is 0. The average molecular weight is 316 g/mol. The predicted molar refractivity (Wildman–Crippen MR) is 60.4 cm³/mol. The van der Waals surface area contributed by atoms with Gasteiger partial charge in [0.2, 0.25) is 0 Å². The first kappa shape index (κ1) is 15.4. The van der Waals surface area contributed by atoms with E-state index in [1.807, 2.05) is 0 Å². The Morgan fingerprint density at radius 2 is 1.71 bits per heavy atom. The summed E-state index contributed by atoms with van der Waals surface area (Å²) < 4.78 is 71.6. The molecule has 2 bridgehead atoms. The standard InChI is InChI=1S/C13H17F5O3/c1-6-10(19,9-5-7-2-3-8(9)4-7)11(14,15)12(20,21-6)13(16,17)18/h6-9,19-20H,2-5H2,1H3. The largest absolute Gasteiger partial charge is 0.449 e. The second kappa shape index (κ2) is 4.08. The summed E-state index contributed by atoms with van der Waals surface area (Å²) in [5, 5.41) is 19.9. The van der Waals surface area contributed by atoms with Gasteiger partial charge in [-0.1, -0.05) is 6.42 Å². The van der Waals surface area contributed by atoms with Crippen LogP contribution < -0.4 is 0 Å². The number of rotatable bonds is 1. The molecule has 21 heavy (non-hydrogen) atoms. The molecule has 0 spiro atoms. The van der Waals surface area contributed by atoms with Gasteiger partial charge < -0.3 is 14.9 Å². The van der Waals surface area contributed by atoms with E-state index < -0.39 is 35.5 Å². The summed E-state index contributed by atoms with van der Waals surface area (Å²) in [6, 6.07) is 0. The highest BCUT2D eigenvalue weighted by atomic mass is 19.4. The molecule has 6 unspecified atom stereocenters. The van der Waals surface area contributed by atoms with Crippen molar-refractivity contribution in [3.05, 3.63) is 0 Å². The molecule has 2 N–H and O–H groups in total. The molecule has 3 rings (SSSR count). The minimum atomic E-state index is -5.69. The molecule has 0 aromatic carbocycles. The Bertz CT molecular complexity index is 454. The van der Waals surface area contributed by atoms with Gasteiger partial charge in [0.25, 0.3) is 0 Å². The zero-order valence-electron chi connectivity index (χ0n) is 11.3. The van der Waals surface area contributed by atoms with Gasteiger partial charge in [0.15, 0.2) is 5.60 Å². The molecule has 8 heteroatoms. The fraction of sp³-hybridized carbons (Fsp3) is 1.00. The molecular formula is C13H17F5O3. The summed E-state index contributed by atoms with van der Waals surface area (Å²) in [4.78, 5) is 0. The number of hydrogen-bond acceptors (Lipinski definition) is 3. The summed E-state index contributed by atoms with van der Waals surface area (Å²) in [6.45, 7) is 0.962. The van der Waals surface area contributed by atoms with Crippen LogP contribution in [0.2, 0.25) is 0 Å². The molecule has 0 aromatic rings. The fourth-order valence-corrected chi connectivity index (χ4v) is 4.51. The predicted octanol–water partition coefficient (Wildman–Crippen LogP) is 2.46. The van der Waals surface area contributed by atoms with Crippen LogP contribution in [0.5, 0.6) is 0 Å². The summed E-state index contributed by atoms with van der Waals surface area (Å²) in [5.74, 6) is -10.5. The molecule has 3 fully saturated rings. The van der Waals surface area contributed by atoms with Crippen LogP contribution in [-0.2, 0) is 4.74 Å². The van der Waals surface area contributed by atoms with Crippen LogP contribution in [0.1, 0.15) is 32.6 Å². The van der Waals surface area contributed by atoms with Gasteiger partial charge in [-0.3, -0.25) is 0 Å². The highest BCUT2D eigenvalue weighted by molar-refractivity contribution is 5.18. The van der Waals surface area contributed by atoms with Crippen molar-refractivity contribution in [2.75, 3.05) is 0 Å². The maximum atomic E-state index is 14.4. The fourth-order valence-electron chi connectivity index (χ4n) is 4.51. The monoisotopic (exact) mass is 316 g/mol. The van der Waals surface area contributed by atoms with Gasteiger partial charge in [-0.15, -0.1) is 0 Å². The molecule has 0 aromatic heterocycles. The lowest BCUT2D eigenvalue weighted by atomic mass is 9.70. The lowest BCUT2D eigenvalue weighted by Crippen LogP contribution is -2.66. The van der Waals surface area contributed by atoms with E-state index in [9.17, 15) is 32.2 Å². The van der Waals surface area contributed by atoms with Gasteiger partial charge >= 0.3 is 17.9 Å². The van der Waals surface area contributed by atoms with E-state index >= 15 is 0 Å². The molecule has 6 atom stereocenters. The Hall–Kier alpha value is -0.470. The normalized spacial score (nSPS) is 52.6. The molecule has 122 valence electrons. The molecule has 2 saturated carbocycles. The van der Waals surface area contributed by atoms with Crippen LogP contribution in [0.4, 0.5) is 22.0 Å². The van der Waals surface area contributed by atoms with Crippen LogP contribution in [0, 0.1) is 17.8 Å². The second-order valence-electron chi connectivity index (χ2n) is 6.58. The topological polar surface area (TPSA) is 49.7 Å². The number of ether oxygens (including phenoxy) is 1. The van der Waals surface area contributed by atoms with E-state index in [0.717, 1.165) is 13.3 Å². The molecule has 1 heterocycles. The number of fused-ring (bicyclic) bond motifs is 2. The van der Waals surface area contributed by atoms with Crippen molar-refractivity contribution in [3.8, 4) is 0 Å². The molecular weight excluding hydrogens is 299 g/mol. The molecule has 3 nitrogen and oxygen atoms in total. The number of aliphatic hydroxyl groups is 2. The molecule has 2 aliphatic carbocycles. The first-order valence-corrected chi connectivity index (χ1v) is 7.02. The van der Waals surface area contributed by atoms with Crippen LogP contribution in [0.25, 0.3) is 0 Å². The number of alkyl halides is 5. The lowest BCUT2D eigenvalue weighted by Gasteiger charge is -2.42. The maximum Gasteiger partial charge on any atom is 0.449 e. The highest BCUT2D eigenvalue weighted by Crippen LogP contribution is 2.63. The van der Waals surface area contributed by atoms with E-state index in [0.29, 0.717) is 12.8 Å². The van der Waals surface area contributed by atoms with E-state index in [2.05, 4.69) is 4.74 Å². The Balaban J connectivity index is 2.03. The van der Waals surface area contributed by atoms with E-state index in [1.165, 1.54) is 0 Å². The Labute approximate surface area is 118 Å². The Morgan fingerprint density at radius 3 is 2.10 bits per heavy atom. The van der Waals surface area contributed by atoms with Gasteiger partial charge in [-0.25, -0.2) is 0 Å². The van der Waals surface area contributed by atoms with Crippen molar-refractivity contribution in [2.24, 2.45) is 17.8 Å². The molecule has 3 aliphatic rings. The third-order valence-corrected chi connectivity index (χ3v) is 5.58. The van der Waals surface area contributed by atoms with Gasteiger partial charge in [-0.2, -0.15) is 22.0 Å². The van der Waals surface area contributed by atoms with Crippen LogP contribution in [-0.4, -0.2) is 39.8 Å². The third kappa shape index (κ3) is 1.64. The van der Waals surface area contributed by atoms with Crippen molar-refractivity contribution in [2.45, 2.75) is 62.2 Å². The van der Waals surface area contributed by atoms with Crippen molar-refractivity contribution >= 4 is 0 Å². The van der Waals surface area contributed by atoms with Gasteiger partial charge in [0.1, 0.15) is 0 Å². The minimum absolute atomic E-state index is 0.159. The molecule has 0 amide bonds. The minimum Gasteiger partial charge on any atom is -0.380 e. The average Bonchev–Trinajstić information content (AvgIpc) is 3.00. The van der Waals surface area contributed by atoms with Crippen LogP contribution >= 0.6 is 0 Å². The zero-order valence-corrected chi connectivity index (χ0v) is 11.3. The van der Waals surface area contributed by atoms with E-state index in [4.69, 9.17) is 0 Å². The third-order valence-electron chi connectivity index (χ3n) is 5.58. The Kier molecular flexibility index (Phi) is 3.00. The van der Waals surface area contributed by atoms with E-state index in [1.54, 1.807) is 0 Å². The molecule has 1 saturated heterocycles. The Morgan fingerprint density at radius 1 is 1.10 bits per heavy atom. The van der Waals surface area contributed by atoms with Crippen molar-refractivity contribution in [3.63, 3.8) is 0 Å². The van der Waals surface area contributed by atoms with E-state index in [-0.39, 0.29) is 18.3 Å². The van der Waals surface area contributed by atoms with Crippen LogP contribution in [0.15, 0.2) is 0 Å². The number of hydrogen-bond donors (Lipinski definition) is 2. The second-order valence-corrected chi connectivity index (χ2v) is 6.58. The molecule has 1 aliphatic heterocycles. The van der Waals surface area contributed by atoms with Gasteiger partial charge in [-0.05, 0) is 43.9 Å². The molecule has 0 radical (unpaired) electrons. The summed E-state index contributed by atoms with van der Waals surface area (Å²) in [6.07, 6.45) is -5.14. The van der Waals surface area contributed by atoms with Crippen LogP contribution in [0.3, 0.4) is 0 Å². The highest BCUT2D eigenvalue weighted by Gasteiger charge is 2.86. The van der Waals surface area contributed by atoms with Gasteiger partial charge in [0, 0.05) is 0 Å². The quantitative estimate of drug-likeness (QED) is 0.731. The first-order valence-electron chi connectivity index (χ1n) is 7.02.